The van der Waals surface area contributed by atoms with Gasteiger partial charge in [-0.2, -0.15) is 0 Å². The molecule has 15 heavy (non-hydrogen) atoms. The molecule has 0 amide bonds. The third kappa shape index (κ3) is 1.47. The SMILES string of the molecule is O=c1[nH]c2ccc(C(O)C3CC3)cc2o1. The van der Waals surface area contributed by atoms with Crippen molar-refractivity contribution >= 4 is 11.1 Å². The van der Waals surface area contributed by atoms with Crippen LogP contribution in [0.5, 0.6) is 0 Å². The van der Waals surface area contributed by atoms with Crippen LogP contribution in [0.3, 0.4) is 0 Å². The second kappa shape index (κ2) is 2.97. The molecular formula is C11H11NO3. The summed E-state index contributed by atoms with van der Waals surface area (Å²) in [7, 11) is 0. The number of aliphatic hydroxyl groups excluding tert-OH is 1. The van der Waals surface area contributed by atoms with Crippen molar-refractivity contribution in [3.8, 4) is 0 Å². The monoisotopic (exact) mass is 205 g/mol. The Morgan fingerprint density at radius 1 is 1.47 bits per heavy atom. The molecule has 0 saturated heterocycles. The fourth-order valence-electron chi connectivity index (χ4n) is 1.83. The molecule has 1 aromatic heterocycles. The van der Waals surface area contributed by atoms with Crippen LogP contribution >= 0.6 is 0 Å². The topological polar surface area (TPSA) is 66.2 Å². The lowest BCUT2D eigenvalue weighted by Crippen LogP contribution is -1.98. The maximum absolute atomic E-state index is 10.9. The molecule has 2 N–H and O–H groups in total. The summed E-state index contributed by atoms with van der Waals surface area (Å²) >= 11 is 0. The Morgan fingerprint density at radius 3 is 3.00 bits per heavy atom. The van der Waals surface area contributed by atoms with Crippen LogP contribution in [0, 0.1) is 5.92 Å². The fourth-order valence-corrected chi connectivity index (χ4v) is 1.83. The summed E-state index contributed by atoms with van der Waals surface area (Å²) in [5.74, 6) is -0.0730. The first-order valence-corrected chi connectivity index (χ1v) is 5.05. The number of benzene rings is 1. The van der Waals surface area contributed by atoms with E-state index in [1.807, 2.05) is 6.07 Å². The standard InChI is InChI=1S/C11H11NO3/c13-10(6-1-2-6)7-3-4-8-9(5-7)15-11(14)12-8/h3-6,10,13H,1-2H2,(H,12,14). The Kier molecular flexibility index (Phi) is 1.73. The van der Waals surface area contributed by atoms with Crippen molar-refractivity contribution in [1.82, 2.24) is 4.98 Å². The van der Waals surface area contributed by atoms with Gasteiger partial charge in [0.25, 0.3) is 0 Å². The molecular weight excluding hydrogens is 194 g/mol. The number of nitrogens with one attached hydrogen (secondary N) is 1. The summed E-state index contributed by atoms with van der Waals surface area (Å²) in [6, 6.07) is 5.33. The minimum atomic E-state index is -0.455. The maximum Gasteiger partial charge on any atom is 0.417 e. The van der Waals surface area contributed by atoms with E-state index in [2.05, 4.69) is 4.98 Å². The van der Waals surface area contributed by atoms with Gasteiger partial charge >= 0.3 is 5.76 Å². The Balaban J connectivity index is 2.08. The smallest absolute Gasteiger partial charge is 0.408 e. The zero-order valence-electron chi connectivity index (χ0n) is 8.06. The number of aromatic nitrogens is 1. The number of fused-ring (bicyclic) bond motifs is 1. The van der Waals surface area contributed by atoms with Crippen LogP contribution in [-0.4, -0.2) is 10.1 Å². The average molecular weight is 205 g/mol. The van der Waals surface area contributed by atoms with Gasteiger partial charge in [-0.15, -0.1) is 0 Å². The Morgan fingerprint density at radius 2 is 2.27 bits per heavy atom. The first-order chi connectivity index (χ1) is 7.24. The highest BCUT2D eigenvalue weighted by atomic mass is 16.4. The zero-order chi connectivity index (χ0) is 10.4. The van der Waals surface area contributed by atoms with E-state index in [4.69, 9.17) is 4.42 Å². The van der Waals surface area contributed by atoms with Gasteiger partial charge in [-0.1, -0.05) is 6.07 Å². The lowest BCUT2D eigenvalue weighted by molar-refractivity contribution is 0.154. The summed E-state index contributed by atoms with van der Waals surface area (Å²) < 4.78 is 4.94. The van der Waals surface area contributed by atoms with E-state index in [1.165, 1.54) is 0 Å². The summed E-state index contributed by atoms with van der Waals surface area (Å²) in [6.07, 6.45) is 1.74. The molecule has 1 heterocycles. The molecule has 0 radical (unpaired) electrons. The van der Waals surface area contributed by atoms with E-state index in [0.29, 0.717) is 17.0 Å². The molecule has 1 fully saturated rings. The number of aliphatic hydroxyl groups is 1. The van der Waals surface area contributed by atoms with Gasteiger partial charge in [0, 0.05) is 0 Å². The minimum absolute atomic E-state index is 0.383. The molecule has 0 spiro atoms. The van der Waals surface area contributed by atoms with Crippen LogP contribution in [0.1, 0.15) is 24.5 Å². The molecule has 1 saturated carbocycles. The summed E-state index contributed by atoms with van der Waals surface area (Å²) in [5.41, 5.74) is 2.01. The zero-order valence-corrected chi connectivity index (χ0v) is 8.06. The molecule has 1 atom stereocenters. The van der Waals surface area contributed by atoms with E-state index in [-0.39, 0.29) is 0 Å². The van der Waals surface area contributed by atoms with Gasteiger partial charge in [0.15, 0.2) is 5.58 Å². The van der Waals surface area contributed by atoms with Crippen LogP contribution in [-0.2, 0) is 0 Å². The first-order valence-electron chi connectivity index (χ1n) is 5.05. The van der Waals surface area contributed by atoms with Crippen LogP contribution in [0.15, 0.2) is 27.4 Å². The van der Waals surface area contributed by atoms with Crippen LogP contribution < -0.4 is 5.76 Å². The van der Waals surface area contributed by atoms with Gasteiger partial charge in [0.2, 0.25) is 0 Å². The van der Waals surface area contributed by atoms with Crippen LogP contribution in [0.2, 0.25) is 0 Å². The highest BCUT2D eigenvalue weighted by Gasteiger charge is 2.30. The number of aromatic amines is 1. The predicted octanol–water partition coefficient (Wildman–Crippen LogP) is 1.56. The molecule has 4 heteroatoms. The molecule has 1 aliphatic rings. The Bertz CT molecular complexity index is 550. The average Bonchev–Trinajstić information content (AvgIpc) is 2.98. The van der Waals surface area contributed by atoms with Gasteiger partial charge in [0.05, 0.1) is 11.6 Å². The van der Waals surface area contributed by atoms with Crippen molar-refractivity contribution in [2.75, 3.05) is 0 Å². The quantitative estimate of drug-likeness (QED) is 0.781. The molecule has 4 nitrogen and oxygen atoms in total. The number of hydrogen-bond donors (Lipinski definition) is 2. The number of rotatable bonds is 2. The third-order valence-corrected chi connectivity index (χ3v) is 2.86. The maximum atomic E-state index is 10.9. The lowest BCUT2D eigenvalue weighted by Gasteiger charge is -2.08. The van der Waals surface area contributed by atoms with E-state index in [0.717, 1.165) is 18.4 Å². The Labute approximate surface area is 85.5 Å². The van der Waals surface area contributed by atoms with E-state index in [9.17, 15) is 9.90 Å². The van der Waals surface area contributed by atoms with Gasteiger partial charge < -0.3 is 9.52 Å². The Hall–Kier alpha value is -1.55. The fraction of sp³-hybridized carbons (Fsp3) is 0.364. The third-order valence-electron chi connectivity index (χ3n) is 2.86. The first kappa shape index (κ1) is 8.73. The summed E-state index contributed by atoms with van der Waals surface area (Å²) in [6.45, 7) is 0. The summed E-state index contributed by atoms with van der Waals surface area (Å²) in [4.78, 5) is 13.5. The number of H-pyrrole nitrogens is 1. The van der Waals surface area contributed by atoms with Crippen LogP contribution in [0.25, 0.3) is 11.1 Å². The normalized spacial score (nSPS) is 18.2. The second-order valence-corrected chi connectivity index (χ2v) is 4.05. The van der Waals surface area contributed by atoms with E-state index < -0.39 is 11.9 Å². The van der Waals surface area contributed by atoms with Gasteiger partial charge in [-0.05, 0) is 36.5 Å². The molecule has 1 aliphatic carbocycles. The summed E-state index contributed by atoms with van der Waals surface area (Å²) in [5, 5.41) is 9.90. The minimum Gasteiger partial charge on any atom is -0.408 e. The molecule has 0 bridgehead atoms. The van der Waals surface area contributed by atoms with Crippen molar-refractivity contribution in [2.24, 2.45) is 5.92 Å². The van der Waals surface area contributed by atoms with Crippen molar-refractivity contribution < 1.29 is 9.52 Å². The lowest BCUT2D eigenvalue weighted by atomic mass is 10.1. The molecule has 2 aromatic rings. The van der Waals surface area contributed by atoms with Crippen molar-refractivity contribution in [3.63, 3.8) is 0 Å². The van der Waals surface area contributed by atoms with Crippen molar-refractivity contribution in [2.45, 2.75) is 18.9 Å². The molecule has 78 valence electrons. The highest BCUT2D eigenvalue weighted by molar-refractivity contribution is 5.72. The molecule has 1 aromatic carbocycles. The van der Waals surface area contributed by atoms with Crippen molar-refractivity contribution in [1.29, 1.82) is 0 Å². The number of hydrogen-bond acceptors (Lipinski definition) is 3. The molecule has 0 aliphatic heterocycles. The van der Waals surface area contributed by atoms with Crippen LogP contribution in [0.4, 0.5) is 0 Å². The predicted molar refractivity (Wildman–Crippen MR) is 54.5 cm³/mol. The van der Waals surface area contributed by atoms with E-state index in [1.54, 1.807) is 12.1 Å². The highest BCUT2D eigenvalue weighted by Crippen LogP contribution is 2.41. The number of oxazole rings is 1. The molecule has 3 rings (SSSR count). The van der Waals surface area contributed by atoms with Gasteiger partial charge in [0.1, 0.15) is 0 Å². The largest absolute Gasteiger partial charge is 0.417 e. The van der Waals surface area contributed by atoms with Crippen molar-refractivity contribution in [3.05, 3.63) is 34.3 Å². The molecule has 1 unspecified atom stereocenters. The second-order valence-electron chi connectivity index (χ2n) is 4.05. The van der Waals surface area contributed by atoms with Gasteiger partial charge in [-0.25, -0.2) is 4.79 Å². The van der Waals surface area contributed by atoms with Gasteiger partial charge in [-0.3, -0.25) is 4.98 Å². The van der Waals surface area contributed by atoms with E-state index >= 15 is 0 Å².